The van der Waals surface area contributed by atoms with Gasteiger partial charge in [0.25, 0.3) is 5.91 Å². The normalized spacial score (nSPS) is 24.5. The monoisotopic (exact) mass is 363 g/mol. The second kappa shape index (κ2) is 9.30. The summed E-state index contributed by atoms with van der Waals surface area (Å²) in [4.78, 5) is 21.4. The van der Waals surface area contributed by atoms with E-state index in [1.807, 2.05) is 4.90 Å². The standard InChI is InChI=1S/C19H29N3O4/c1-25-18-13-15(4-6-20-18)19(24)22-7-5-17(16(14-22)3-2-10-23)21-8-11-26-12-9-21/h4,6,13,16-17,23H,2-3,5,7-12,14H2,1H3/t16-,17+/m1/s1. The molecule has 0 unspecified atom stereocenters. The predicted octanol–water partition coefficient (Wildman–Crippen LogP) is 1.03. The Kier molecular flexibility index (Phi) is 6.82. The highest BCUT2D eigenvalue weighted by atomic mass is 16.5. The molecule has 7 nitrogen and oxygen atoms in total. The fourth-order valence-electron chi connectivity index (χ4n) is 4.07. The van der Waals surface area contributed by atoms with Gasteiger partial charge in [-0.05, 0) is 31.2 Å². The number of hydrogen-bond acceptors (Lipinski definition) is 6. The zero-order chi connectivity index (χ0) is 18.4. The molecular formula is C19H29N3O4. The molecule has 26 heavy (non-hydrogen) atoms. The molecule has 2 saturated heterocycles. The SMILES string of the molecule is COc1cc(C(=O)N2CC[C@H](N3CCOCC3)[C@H](CCCO)C2)ccn1. The van der Waals surface area contributed by atoms with E-state index in [1.54, 1.807) is 25.4 Å². The van der Waals surface area contributed by atoms with E-state index in [0.717, 1.165) is 58.7 Å². The molecule has 0 spiro atoms. The van der Waals surface area contributed by atoms with E-state index in [2.05, 4.69) is 9.88 Å². The van der Waals surface area contributed by atoms with Gasteiger partial charge in [0.05, 0.1) is 20.3 Å². The minimum Gasteiger partial charge on any atom is -0.481 e. The van der Waals surface area contributed by atoms with Crippen LogP contribution >= 0.6 is 0 Å². The zero-order valence-corrected chi connectivity index (χ0v) is 15.5. The number of aromatic nitrogens is 1. The molecule has 3 rings (SSSR count). The highest BCUT2D eigenvalue weighted by Gasteiger charge is 2.35. The summed E-state index contributed by atoms with van der Waals surface area (Å²) in [6, 6.07) is 3.89. The molecule has 7 heteroatoms. The molecule has 1 amide bonds. The number of hydrogen-bond donors (Lipinski definition) is 1. The Bertz CT molecular complexity index is 592. The quantitative estimate of drug-likeness (QED) is 0.814. The van der Waals surface area contributed by atoms with Crippen molar-refractivity contribution in [3.8, 4) is 5.88 Å². The van der Waals surface area contributed by atoms with Crippen LogP contribution in [0, 0.1) is 5.92 Å². The summed E-state index contributed by atoms with van der Waals surface area (Å²) in [5.41, 5.74) is 0.614. The van der Waals surface area contributed by atoms with Crippen LogP contribution in [0.2, 0.25) is 0 Å². The van der Waals surface area contributed by atoms with Crippen molar-refractivity contribution < 1.29 is 19.4 Å². The molecule has 0 radical (unpaired) electrons. The van der Waals surface area contributed by atoms with Gasteiger partial charge >= 0.3 is 0 Å². The summed E-state index contributed by atoms with van der Waals surface area (Å²) < 4.78 is 10.6. The van der Waals surface area contributed by atoms with Crippen molar-refractivity contribution in [2.75, 3.05) is 53.1 Å². The molecule has 1 N–H and O–H groups in total. The van der Waals surface area contributed by atoms with Crippen LogP contribution in [-0.4, -0.2) is 84.9 Å². The maximum Gasteiger partial charge on any atom is 0.254 e. The molecule has 2 atom stereocenters. The molecule has 2 aliphatic heterocycles. The van der Waals surface area contributed by atoms with Gasteiger partial charge in [-0.2, -0.15) is 0 Å². The molecule has 1 aromatic rings. The molecule has 3 heterocycles. The second-order valence-corrected chi connectivity index (χ2v) is 6.97. The first-order chi connectivity index (χ1) is 12.7. The summed E-state index contributed by atoms with van der Waals surface area (Å²) in [5, 5.41) is 9.27. The van der Waals surface area contributed by atoms with Crippen LogP contribution in [0.15, 0.2) is 18.3 Å². The Balaban J connectivity index is 1.69. The van der Waals surface area contributed by atoms with Gasteiger partial charge < -0.3 is 19.5 Å². The molecule has 1 aromatic heterocycles. The van der Waals surface area contributed by atoms with Crippen molar-refractivity contribution in [3.63, 3.8) is 0 Å². The predicted molar refractivity (Wildman–Crippen MR) is 97.3 cm³/mol. The summed E-state index contributed by atoms with van der Waals surface area (Å²) in [7, 11) is 1.55. The maximum atomic E-state index is 12.9. The Labute approximate surface area is 154 Å². The number of rotatable bonds is 6. The largest absolute Gasteiger partial charge is 0.481 e. The number of amides is 1. The second-order valence-electron chi connectivity index (χ2n) is 6.97. The minimum atomic E-state index is 0.0279. The van der Waals surface area contributed by atoms with Crippen LogP contribution in [0.5, 0.6) is 5.88 Å². The van der Waals surface area contributed by atoms with Crippen molar-refractivity contribution in [3.05, 3.63) is 23.9 Å². The number of nitrogens with zero attached hydrogens (tertiary/aromatic N) is 3. The third-order valence-corrected chi connectivity index (χ3v) is 5.42. The van der Waals surface area contributed by atoms with E-state index in [1.165, 1.54) is 0 Å². The van der Waals surface area contributed by atoms with Gasteiger partial charge in [0.1, 0.15) is 0 Å². The average Bonchev–Trinajstić information content (AvgIpc) is 2.72. The highest BCUT2D eigenvalue weighted by molar-refractivity contribution is 5.94. The zero-order valence-electron chi connectivity index (χ0n) is 15.5. The van der Waals surface area contributed by atoms with E-state index in [-0.39, 0.29) is 12.5 Å². The Morgan fingerprint density at radius 1 is 1.38 bits per heavy atom. The number of piperidine rings is 1. The van der Waals surface area contributed by atoms with E-state index >= 15 is 0 Å². The first kappa shape index (κ1) is 19.1. The summed E-state index contributed by atoms with van der Waals surface area (Å²) >= 11 is 0. The van der Waals surface area contributed by atoms with Gasteiger partial charge in [-0.25, -0.2) is 4.98 Å². The third-order valence-electron chi connectivity index (χ3n) is 5.42. The first-order valence-corrected chi connectivity index (χ1v) is 9.45. The van der Waals surface area contributed by atoms with E-state index < -0.39 is 0 Å². The lowest BCUT2D eigenvalue weighted by molar-refractivity contribution is -0.0196. The number of aliphatic hydroxyl groups excluding tert-OH is 1. The van der Waals surface area contributed by atoms with Gasteiger partial charge in [-0.1, -0.05) is 0 Å². The van der Waals surface area contributed by atoms with Crippen LogP contribution in [0.3, 0.4) is 0 Å². The van der Waals surface area contributed by atoms with Crippen molar-refractivity contribution in [2.45, 2.75) is 25.3 Å². The third kappa shape index (κ3) is 4.52. The van der Waals surface area contributed by atoms with E-state index in [0.29, 0.717) is 23.4 Å². The van der Waals surface area contributed by atoms with Crippen molar-refractivity contribution in [1.29, 1.82) is 0 Å². The molecule has 0 aromatic carbocycles. The molecule has 0 bridgehead atoms. The molecule has 2 aliphatic rings. The number of carbonyl (C=O) groups is 1. The van der Waals surface area contributed by atoms with Crippen LogP contribution in [0.25, 0.3) is 0 Å². The van der Waals surface area contributed by atoms with Crippen molar-refractivity contribution in [2.24, 2.45) is 5.92 Å². The summed E-state index contributed by atoms with van der Waals surface area (Å²) in [6.45, 7) is 5.14. The fraction of sp³-hybridized carbons (Fsp3) is 0.684. The van der Waals surface area contributed by atoms with Crippen LogP contribution in [0.4, 0.5) is 0 Å². The van der Waals surface area contributed by atoms with Gasteiger partial charge in [0.2, 0.25) is 5.88 Å². The number of methoxy groups -OCH3 is 1. The van der Waals surface area contributed by atoms with Crippen LogP contribution in [-0.2, 0) is 4.74 Å². The lowest BCUT2D eigenvalue weighted by Gasteiger charge is -2.45. The lowest BCUT2D eigenvalue weighted by atomic mass is 9.86. The first-order valence-electron chi connectivity index (χ1n) is 9.45. The molecule has 144 valence electrons. The molecule has 2 fully saturated rings. The van der Waals surface area contributed by atoms with Gasteiger partial charge in [-0.3, -0.25) is 9.69 Å². The minimum absolute atomic E-state index is 0.0279. The lowest BCUT2D eigenvalue weighted by Crippen LogP contribution is -2.55. The number of carbonyl (C=O) groups excluding carboxylic acids is 1. The van der Waals surface area contributed by atoms with E-state index in [9.17, 15) is 9.90 Å². The summed E-state index contributed by atoms with van der Waals surface area (Å²) in [6.07, 6.45) is 4.28. The van der Waals surface area contributed by atoms with Crippen LogP contribution < -0.4 is 4.74 Å². The molecule has 0 aliphatic carbocycles. The highest BCUT2D eigenvalue weighted by Crippen LogP contribution is 2.28. The Hall–Kier alpha value is -1.70. The number of ether oxygens (including phenoxy) is 2. The number of pyridine rings is 1. The van der Waals surface area contributed by atoms with Gasteiger partial charge in [0.15, 0.2) is 0 Å². The van der Waals surface area contributed by atoms with Gasteiger partial charge in [-0.15, -0.1) is 0 Å². The average molecular weight is 363 g/mol. The fourth-order valence-corrected chi connectivity index (χ4v) is 4.07. The van der Waals surface area contributed by atoms with E-state index in [4.69, 9.17) is 9.47 Å². The molecule has 0 saturated carbocycles. The van der Waals surface area contributed by atoms with Crippen LogP contribution in [0.1, 0.15) is 29.6 Å². The number of morpholine rings is 1. The van der Waals surface area contributed by atoms with Crippen molar-refractivity contribution in [1.82, 2.24) is 14.8 Å². The number of aliphatic hydroxyl groups is 1. The summed E-state index contributed by atoms with van der Waals surface area (Å²) in [5.74, 6) is 0.859. The van der Waals surface area contributed by atoms with Crippen molar-refractivity contribution >= 4 is 5.91 Å². The Morgan fingerprint density at radius 2 is 2.19 bits per heavy atom. The Morgan fingerprint density at radius 3 is 2.92 bits per heavy atom. The smallest absolute Gasteiger partial charge is 0.254 e. The van der Waals surface area contributed by atoms with Gasteiger partial charge in [0, 0.05) is 56.7 Å². The maximum absolute atomic E-state index is 12.9. The topological polar surface area (TPSA) is 75.1 Å². The number of likely N-dealkylation sites (tertiary alicyclic amines) is 1. The molecular weight excluding hydrogens is 334 g/mol.